The number of aromatic nitrogens is 1. The number of hydrogen-bond acceptors (Lipinski definition) is 5. The lowest BCUT2D eigenvalue weighted by atomic mass is 10.2. The molecule has 0 aliphatic rings. The molecule has 7 nitrogen and oxygen atoms in total. The van der Waals surface area contributed by atoms with Crippen LogP contribution in [0.3, 0.4) is 0 Å². The zero-order valence-corrected chi connectivity index (χ0v) is 9.92. The average molecular weight is 302 g/mol. The monoisotopic (exact) mass is 302 g/mol. The predicted octanol–water partition coefficient (Wildman–Crippen LogP) is 2.97. The van der Waals surface area contributed by atoms with Gasteiger partial charge in [-0.1, -0.05) is 12.1 Å². The normalized spacial score (nSPS) is 11.4. The van der Waals surface area contributed by atoms with E-state index in [0.717, 1.165) is 12.1 Å². The van der Waals surface area contributed by atoms with Gasteiger partial charge in [-0.05, 0) is 6.07 Å². The Morgan fingerprint density at radius 2 is 1.95 bits per heavy atom. The number of hydrogen-bond donors (Lipinski definition) is 1. The molecule has 0 amide bonds. The highest BCUT2D eigenvalue weighted by Gasteiger charge is 2.42. The van der Waals surface area contributed by atoms with Gasteiger partial charge >= 0.3 is 12.1 Å². The van der Waals surface area contributed by atoms with Crippen molar-refractivity contribution >= 4 is 11.7 Å². The number of para-hydroxylation sites is 1. The topological polar surface area (TPSA) is 106 Å². The molecule has 0 fully saturated rings. The van der Waals surface area contributed by atoms with Crippen molar-refractivity contribution < 1.29 is 32.4 Å². The first-order valence-corrected chi connectivity index (χ1v) is 5.27. The molecule has 21 heavy (non-hydrogen) atoms. The lowest BCUT2D eigenvalue weighted by Crippen LogP contribution is -2.11. The van der Waals surface area contributed by atoms with Crippen molar-refractivity contribution in [3.8, 4) is 11.5 Å². The van der Waals surface area contributed by atoms with Crippen LogP contribution in [0.15, 0.2) is 28.7 Å². The number of alkyl halides is 3. The fourth-order valence-corrected chi connectivity index (χ4v) is 1.59. The van der Waals surface area contributed by atoms with Crippen LogP contribution in [0, 0.1) is 10.1 Å². The molecule has 0 unspecified atom stereocenters. The van der Waals surface area contributed by atoms with Gasteiger partial charge in [-0.15, -0.1) is 0 Å². The molecule has 0 aliphatic heterocycles. The van der Waals surface area contributed by atoms with Gasteiger partial charge in [0, 0.05) is 6.07 Å². The van der Waals surface area contributed by atoms with Crippen molar-refractivity contribution in [2.24, 2.45) is 0 Å². The number of nitro benzene ring substituents is 1. The number of nitro groups is 1. The fraction of sp³-hybridized carbons (Fsp3) is 0.0909. The van der Waals surface area contributed by atoms with Gasteiger partial charge < -0.3 is 9.52 Å². The summed E-state index contributed by atoms with van der Waals surface area (Å²) < 4.78 is 42.6. The van der Waals surface area contributed by atoms with E-state index >= 15 is 0 Å². The van der Waals surface area contributed by atoms with Gasteiger partial charge in [0.1, 0.15) is 5.56 Å². The van der Waals surface area contributed by atoms with Gasteiger partial charge in [-0.2, -0.15) is 13.2 Å². The number of rotatable bonds is 3. The molecule has 0 aliphatic carbocycles. The molecule has 10 heteroatoms. The summed E-state index contributed by atoms with van der Waals surface area (Å²) in [6.07, 6.45) is -5.06. The number of benzene rings is 1. The number of oxazole rings is 1. The predicted molar refractivity (Wildman–Crippen MR) is 60.6 cm³/mol. The summed E-state index contributed by atoms with van der Waals surface area (Å²) in [4.78, 5) is 23.8. The molecule has 0 atom stereocenters. The molecule has 0 radical (unpaired) electrons. The fourth-order valence-electron chi connectivity index (χ4n) is 1.59. The third-order valence-corrected chi connectivity index (χ3v) is 2.42. The number of carbonyl (C=O) groups is 1. The first-order valence-electron chi connectivity index (χ1n) is 5.27. The van der Waals surface area contributed by atoms with Crippen LogP contribution in [0.5, 0.6) is 0 Å². The van der Waals surface area contributed by atoms with E-state index < -0.39 is 40.1 Å². The van der Waals surface area contributed by atoms with E-state index in [1.54, 1.807) is 0 Å². The van der Waals surface area contributed by atoms with Gasteiger partial charge in [0.2, 0.25) is 11.7 Å². The van der Waals surface area contributed by atoms with Crippen molar-refractivity contribution in [2.75, 3.05) is 0 Å². The zero-order chi connectivity index (χ0) is 15.8. The van der Waals surface area contributed by atoms with Gasteiger partial charge in [-0.3, -0.25) is 10.1 Å². The summed E-state index contributed by atoms with van der Waals surface area (Å²) in [5, 5.41) is 19.5. The van der Waals surface area contributed by atoms with E-state index in [-0.39, 0.29) is 5.56 Å². The number of halogens is 3. The van der Waals surface area contributed by atoms with Crippen molar-refractivity contribution in [3.63, 3.8) is 0 Å². The van der Waals surface area contributed by atoms with Crippen LogP contribution < -0.4 is 0 Å². The molecule has 1 aromatic heterocycles. The maximum atomic E-state index is 12.7. The van der Waals surface area contributed by atoms with Crippen LogP contribution in [0.4, 0.5) is 18.9 Å². The second-order valence-electron chi connectivity index (χ2n) is 3.77. The maximum absolute atomic E-state index is 12.7. The maximum Gasteiger partial charge on any atom is 0.437 e. The Morgan fingerprint density at radius 1 is 1.33 bits per heavy atom. The summed E-state index contributed by atoms with van der Waals surface area (Å²) in [7, 11) is 0. The number of nitrogens with zero attached hydrogens (tertiary/aromatic N) is 2. The van der Waals surface area contributed by atoms with Crippen LogP contribution in [-0.2, 0) is 6.18 Å². The van der Waals surface area contributed by atoms with Crippen molar-refractivity contribution in [2.45, 2.75) is 6.18 Å². The molecule has 1 N–H and O–H groups in total. The summed E-state index contributed by atoms with van der Waals surface area (Å²) >= 11 is 0. The molecule has 0 spiro atoms. The molecule has 2 rings (SSSR count). The summed E-state index contributed by atoms with van der Waals surface area (Å²) in [6.45, 7) is 0. The number of aromatic carboxylic acids is 1. The SMILES string of the molecule is O=C(O)c1oc(-c2ccccc2[N+](=O)[O-])nc1C(F)(F)F. The lowest BCUT2D eigenvalue weighted by molar-refractivity contribution is -0.384. The van der Waals surface area contributed by atoms with Gasteiger partial charge in [-0.25, -0.2) is 9.78 Å². The average Bonchev–Trinajstić information content (AvgIpc) is 2.83. The molecule has 1 heterocycles. The van der Waals surface area contributed by atoms with E-state index in [1.807, 2.05) is 0 Å². The lowest BCUT2D eigenvalue weighted by Gasteiger charge is -2.00. The molecular formula is C11H5F3N2O5. The molecule has 0 bridgehead atoms. The second kappa shape index (κ2) is 4.89. The Kier molecular flexibility index (Phi) is 3.37. The molecule has 110 valence electrons. The van der Waals surface area contributed by atoms with Crippen LogP contribution >= 0.6 is 0 Å². The minimum absolute atomic E-state index is 0.347. The van der Waals surface area contributed by atoms with Crippen molar-refractivity contribution in [1.82, 2.24) is 4.98 Å². The highest BCUT2D eigenvalue weighted by Crippen LogP contribution is 2.36. The zero-order valence-electron chi connectivity index (χ0n) is 9.92. The van der Waals surface area contributed by atoms with Crippen LogP contribution in [0.2, 0.25) is 0 Å². The minimum Gasteiger partial charge on any atom is -0.475 e. The first kappa shape index (κ1) is 14.5. The van der Waals surface area contributed by atoms with Crippen LogP contribution in [-0.4, -0.2) is 21.0 Å². The molecule has 2 aromatic rings. The highest BCUT2D eigenvalue weighted by atomic mass is 19.4. The minimum atomic E-state index is -5.06. The van der Waals surface area contributed by atoms with E-state index in [2.05, 4.69) is 9.40 Å². The Labute approximate surface area is 113 Å². The summed E-state index contributed by atoms with van der Waals surface area (Å²) in [5.74, 6) is -4.18. The number of carboxylic acids is 1. The molecule has 0 saturated carbocycles. The molecule has 1 aromatic carbocycles. The Hall–Kier alpha value is -2.91. The van der Waals surface area contributed by atoms with E-state index in [1.165, 1.54) is 12.1 Å². The van der Waals surface area contributed by atoms with Crippen LogP contribution in [0.1, 0.15) is 16.2 Å². The third-order valence-electron chi connectivity index (χ3n) is 2.42. The van der Waals surface area contributed by atoms with Crippen molar-refractivity contribution in [1.29, 1.82) is 0 Å². The Morgan fingerprint density at radius 3 is 2.43 bits per heavy atom. The van der Waals surface area contributed by atoms with Gasteiger partial charge in [0.15, 0.2) is 5.69 Å². The Balaban J connectivity index is 2.67. The smallest absolute Gasteiger partial charge is 0.437 e. The highest BCUT2D eigenvalue weighted by molar-refractivity contribution is 5.86. The number of carboxylic acid groups (broad SMARTS) is 1. The van der Waals surface area contributed by atoms with E-state index in [0.29, 0.717) is 0 Å². The summed E-state index contributed by atoms with van der Waals surface area (Å²) in [5.41, 5.74) is -2.65. The molecule has 0 saturated heterocycles. The van der Waals surface area contributed by atoms with Crippen molar-refractivity contribution in [3.05, 3.63) is 45.8 Å². The van der Waals surface area contributed by atoms with E-state index in [4.69, 9.17) is 5.11 Å². The largest absolute Gasteiger partial charge is 0.475 e. The third kappa shape index (κ3) is 2.68. The quantitative estimate of drug-likeness (QED) is 0.690. The Bertz CT molecular complexity index is 723. The standard InChI is InChI=1S/C11H5F3N2O5/c12-11(13,14)8-7(10(17)18)21-9(15-8)5-3-1-2-4-6(5)16(19)20/h1-4H,(H,17,18). The van der Waals surface area contributed by atoms with Gasteiger partial charge in [0.25, 0.3) is 5.69 Å². The summed E-state index contributed by atoms with van der Waals surface area (Å²) in [6, 6.07) is 4.76. The second-order valence-corrected chi connectivity index (χ2v) is 3.77. The first-order chi connectivity index (χ1) is 9.71. The van der Waals surface area contributed by atoms with E-state index in [9.17, 15) is 28.1 Å². The van der Waals surface area contributed by atoms with Crippen LogP contribution in [0.25, 0.3) is 11.5 Å². The molecular weight excluding hydrogens is 297 g/mol. The van der Waals surface area contributed by atoms with Gasteiger partial charge in [0.05, 0.1) is 4.92 Å².